The van der Waals surface area contributed by atoms with Crippen LogP contribution in [0.3, 0.4) is 0 Å². The second kappa shape index (κ2) is 7.60. The Labute approximate surface area is 158 Å². The zero-order valence-electron chi connectivity index (χ0n) is 13.1. The minimum Gasteiger partial charge on any atom is -0.325 e. The molecular weight excluding hydrogens is 382 g/mol. The fourth-order valence-electron chi connectivity index (χ4n) is 2.31. The van der Waals surface area contributed by atoms with Crippen LogP contribution in [0.1, 0.15) is 5.56 Å². The summed E-state index contributed by atoms with van der Waals surface area (Å²) in [5.41, 5.74) is 2.33. The Morgan fingerprint density at radius 1 is 1.20 bits per heavy atom. The Balaban J connectivity index is 1.74. The van der Waals surface area contributed by atoms with Crippen molar-refractivity contribution in [3.8, 4) is 0 Å². The highest BCUT2D eigenvalue weighted by atomic mass is 35.5. The molecule has 0 unspecified atom stereocenters. The molecule has 0 aliphatic carbocycles. The fourth-order valence-corrected chi connectivity index (χ4v) is 3.63. The molecule has 1 aromatic heterocycles. The zero-order chi connectivity index (χ0) is 18.0. The summed E-state index contributed by atoms with van der Waals surface area (Å²) in [6.07, 6.45) is 0. The molecule has 0 aliphatic heterocycles. The van der Waals surface area contributed by atoms with E-state index in [4.69, 9.17) is 23.2 Å². The summed E-state index contributed by atoms with van der Waals surface area (Å²) >= 11 is 13.1. The Hall–Kier alpha value is -1.82. The normalized spacial score (nSPS) is 10.9. The van der Waals surface area contributed by atoms with Crippen molar-refractivity contribution in [1.29, 1.82) is 0 Å². The molecule has 1 N–H and O–H groups in total. The van der Waals surface area contributed by atoms with Crippen molar-refractivity contribution in [2.45, 2.75) is 11.8 Å². The molecule has 0 saturated carbocycles. The first kappa shape index (κ1) is 18.0. The van der Waals surface area contributed by atoms with Gasteiger partial charge in [0, 0.05) is 16.0 Å². The van der Waals surface area contributed by atoms with E-state index >= 15 is 0 Å². The maximum absolute atomic E-state index is 13.2. The number of amides is 1. The molecule has 0 saturated heterocycles. The Morgan fingerprint density at radius 2 is 2.00 bits per heavy atom. The van der Waals surface area contributed by atoms with E-state index in [1.54, 1.807) is 6.07 Å². The largest absolute Gasteiger partial charge is 0.325 e. The van der Waals surface area contributed by atoms with Crippen LogP contribution < -0.4 is 5.32 Å². The van der Waals surface area contributed by atoms with Gasteiger partial charge in [-0.15, -0.1) is 11.8 Å². The van der Waals surface area contributed by atoms with E-state index in [-0.39, 0.29) is 16.7 Å². The third kappa shape index (κ3) is 4.42. The topological polar surface area (TPSA) is 42.0 Å². The lowest BCUT2D eigenvalue weighted by atomic mass is 10.1. The van der Waals surface area contributed by atoms with Crippen LogP contribution in [0.2, 0.25) is 10.2 Å². The number of hydrogen-bond acceptors (Lipinski definition) is 3. The number of aromatic nitrogens is 1. The summed E-state index contributed by atoms with van der Waals surface area (Å²) in [6.45, 7) is 1.99. The molecule has 0 fully saturated rings. The van der Waals surface area contributed by atoms with Crippen molar-refractivity contribution in [2.75, 3.05) is 11.1 Å². The highest BCUT2D eigenvalue weighted by molar-refractivity contribution is 8.00. The number of anilines is 1. The Morgan fingerprint density at radius 3 is 2.76 bits per heavy atom. The third-order valence-corrected chi connectivity index (χ3v) is 5.00. The lowest BCUT2D eigenvalue weighted by molar-refractivity contribution is -0.113. The van der Waals surface area contributed by atoms with Gasteiger partial charge in [-0.3, -0.25) is 4.79 Å². The quantitative estimate of drug-likeness (QED) is 0.454. The summed E-state index contributed by atoms with van der Waals surface area (Å²) in [7, 11) is 0. The number of pyridine rings is 1. The lowest BCUT2D eigenvalue weighted by Crippen LogP contribution is -2.14. The summed E-state index contributed by atoms with van der Waals surface area (Å²) in [4.78, 5) is 17.3. The molecule has 2 aromatic carbocycles. The molecule has 0 spiro atoms. The van der Waals surface area contributed by atoms with Gasteiger partial charge in [0.25, 0.3) is 0 Å². The Bertz CT molecular complexity index is 965. The number of hydrogen-bond donors (Lipinski definition) is 1. The van der Waals surface area contributed by atoms with Crippen LogP contribution in [0, 0.1) is 12.7 Å². The molecule has 0 aliphatic rings. The SMILES string of the molecule is Cc1ccc2nc(Cl)cc(SCC(=O)Nc3ccc(F)c(Cl)c3)c2c1. The van der Waals surface area contributed by atoms with Crippen molar-refractivity contribution in [3.63, 3.8) is 0 Å². The smallest absolute Gasteiger partial charge is 0.234 e. The number of benzene rings is 2. The van der Waals surface area contributed by atoms with Gasteiger partial charge in [0.15, 0.2) is 0 Å². The fraction of sp³-hybridized carbons (Fsp3) is 0.111. The predicted molar refractivity (Wildman–Crippen MR) is 102 cm³/mol. The van der Waals surface area contributed by atoms with Crippen LogP contribution in [0.5, 0.6) is 0 Å². The van der Waals surface area contributed by atoms with Crippen LogP contribution in [0.25, 0.3) is 10.9 Å². The lowest BCUT2D eigenvalue weighted by Gasteiger charge is -2.09. The second-order valence-electron chi connectivity index (χ2n) is 5.43. The minimum absolute atomic E-state index is 0.0344. The van der Waals surface area contributed by atoms with Gasteiger partial charge in [0.05, 0.1) is 16.3 Å². The van der Waals surface area contributed by atoms with Crippen molar-refractivity contribution in [1.82, 2.24) is 4.98 Å². The molecule has 0 bridgehead atoms. The van der Waals surface area contributed by atoms with Gasteiger partial charge in [-0.2, -0.15) is 0 Å². The average Bonchev–Trinajstić information content (AvgIpc) is 2.56. The molecule has 1 heterocycles. The molecule has 0 radical (unpaired) electrons. The molecule has 128 valence electrons. The van der Waals surface area contributed by atoms with Gasteiger partial charge < -0.3 is 5.32 Å². The summed E-state index contributed by atoms with van der Waals surface area (Å²) in [5.74, 6) is -0.568. The van der Waals surface area contributed by atoms with E-state index in [2.05, 4.69) is 10.3 Å². The van der Waals surface area contributed by atoms with Crippen LogP contribution in [0.4, 0.5) is 10.1 Å². The minimum atomic E-state index is -0.526. The average molecular weight is 395 g/mol. The molecule has 3 nitrogen and oxygen atoms in total. The maximum Gasteiger partial charge on any atom is 0.234 e. The standard InChI is InChI=1S/C18H13Cl2FN2OS/c1-10-2-5-15-12(6-10)16(8-17(20)23-15)25-9-18(24)22-11-3-4-14(21)13(19)7-11/h2-8H,9H2,1H3,(H,22,24). The van der Waals surface area contributed by atoms with Crippen molar-refractivity contribution < 1.29 is 9.18 Å². The summed E-state index contributed by atoms with van der Waals surface area (Å²) in [5, 5.41) is 3.99. The molecule has 1 amide bonds. The number of halogens is 3. The van der Waals surface area contributed by atoms with E-state index in [0.29, 0.717) is 10.8 Å². The van der Waals surface area contributed by atoms with Gasteiger partial charge in [0.1, 0.15) is 11.0 Å². The van der Waals surface area contributed by atoms with Gasteiger partial charge in [-0.05, 0) is 43.3 Å². The molecule has 3 rings (SSSR count). The molecule has 0 atom stereocenters. The molecular formula is C18H13Cl2FN2OS. The summed E-state index contributed by atoms with van der Waals surface area (Å²) < 4.78 is 13.2. The Kier molecular flexibility index (Phi) is 5.47. The monoisotopic (exact) mass is 394 g/mol. The van der Waals surface area contributed by atoms with E-state index in [1.165, 1.54) is 30.0 Å². The van der Waals surface area contributed by atoms with E-state index in [9.17, 15) is 9.18 Å². The first-order valence-electron chi connectivity index (χ1n) is 7.37. The van der Waals surface area contributed by atoms with Crippen LogP contribution in [-0.4, -0.2) is 16.6 Å². The number of carbonyl (C=O) groups is 1. The van der Waals surface area contributed by atoms with Crippen molar-refractivity contribution in [3.05, 3.63) is 64.0 Å². The van der Waals surface area contributed by atoms with Gasteiger partial charge in [0.2, 0.25) is 5.91 Å². The van der Waals surface area contributed by atoms with E-state index in [0.717, 1.165) is 21.4 Å². The first-order chi connectivity index (χ1) is 11.9. The van der Waals surface area contributed by atoms with Crippen molar-refractivity contribution >= 4 is 57.5 Å². The van der Waals surface area contributed by atoms with Crippen LogP contribution >= 0.6 is 35.0 Å². The predicted octanol–water partition coefficient (Wildman–Crippen LogP) is 5.72. The number of thioether (sulfide) groups is 1. The maximum atomic E-state index is 13.2. The zero-order valence-corrected chi connectivity index (χ0v) is 15.5. The number of carbonyl (C=O) groups excluding carboxylic acids is 1. The molecule has 7 heteroatoms. The third-order valence-electron chi connectivity index (χ3n) is 3.46. The number of aryl methyl sites for hydroxylation is 1. The molecule has 25 heavy (non-hydrogen) atoms. The van der Waals surface area contributed by atoms with Gasteiger partial charge in [-0.1, -0.05) is 34.8 Å². The second-order valence-corrected chi connectivity index (χ2v) is 7.24. The van der Waals surface area contributed by atoms with E-state index in [1.807, 2.05) is 25.1 Å². The van der Waals surface area contributed by atoms with Gasteiger partial charge in [-0.25, -0.2) is 9.37 Å². The van der Waals surface area contributed by atoms with Crippen molar-refractivity contribution in [2.24, 2.45) is 0 Å². The van der Waals surface area contributed by atoms with Crippen LogP contribution in [-0.2, 0) is 4.79 Å². The number of fused-ring (bicyclic) bond motifs is 1. The number of rotatable bonds is 4. The molecule has 3 aromatic rings. The summed E-state index contributed by atoms with van der Waals surface area (Å²) in [6, 6.07) is 11.7. The van der Waals surface area contributed by atoms with Gasteiger partial charge >= 0.3 is 0 Å². The van der Waals surface area contributed by atoms with E-state index < -0.39 is 5.82 Å². The number of nitrogens with zero attached hydrogens (tertiary/aromatic N) is 1. The highest BCUT2D eigenvalue weighted by Crippen LogP contribution is 2.30. The van der Waals surface area contributed by atoms with Crippen LogP contribution in [0.15, 0.2) is 47.4 Å². The first-order valence-corrected chi connectivity index (χ1v) is 9.11. The number of nitrogens with one attached hydrogen (secondary N) is 1. The highest BCUT2D eigenvalue weighted by Gasteiger charge is 2.10.